The highest BCUT2D eigenvalue weighted by Gasteiger charge is 2.09. The molecule has 0 saturated heterocycles. The van der Waals surface area contributed by atoms with Crippen LogP contribution < -0.4 is 5.32 Å². The van der Waals surface area contributed by atoms with Gasteiger partial charge in [0.1, 0.15) is 17.3 Å². The lowest BCUT2D eigenvalue weighted by Crippen LogP contribution is -2.04. The Balaban J connectivity index is 2.17. The van der Waals surface area contributed by atoms with Crippen LogP contribution in [0.5, 0.6) is 0 Å². The molecule has 0 radical (unpaired) electrons. The molecule has 0 unspecified atom stereocenters. The third-order valence-corrected chi connectivity index (χ3v) is 4.29. The van der Waals surface area contributed by atoms with Gasteiger partial charge in [0.05, 0.1) is 12.1 Å². The van der Waals surface area contributed by atoms with E-state index in [1.54, 1.807) is 11.3 Å². The van der Waals surface area contributed by atoms with Gasteiger partial charge in [0, 0.05) is 9.35 Å². The van der Waals surface area contributed by atoms with Gasteiger partial charge in [-0.3, -0.25) is 4.79 Å². The van der Waals surface area contributed by atoms with E-state index in [1.165, 1.54) is 6.33 Å². The third-order valence-electron chi connectivity index (χ3n) is 2.06. The van der Waals surface area contributed by atoms with Crippen LogP contribution >= 0.6 is 38.9 Å². The maximum atomic E-state index is 10.9. The summed E-state index contributed by atoms with van der Waals surface area (Å²) in [5.41, 5.74) is 0.279. The zero-order valence-corrected chi connectivity index (χ0v) is 11.6. The molecule has 0 aliphatic carbocycles. The molecule has 2 aromatic heterocycles. The molecule has 2 heterocycles. The number of carbonyl (C=O) groups is 1. The van der Waals surface area contributed by atoms with Crippen LogP contribution in [0.15, 0.2) is 22.2 Å². The molecule has 4 nitrogen and oxygen atoms in total. The van der Waals surface area contributed by atoms with Crippen molar-refractivity contribution in [3.05, 3.63) is 37.8 Å². The van der Waals surface area contributed by atoms with Gasteiger partial charge in [-0.1, -0.05) is 11.6 Å². The molecular formula is C10H7BrClN3OS. The van der Waals surface area contributed by atoms with Gasteiger partial charge in [-0.2, -0.15) is 0 Å². The number of thiophene rings is 1. The first-order valence-electron chi connectivity index (χ1n) is 4.63. The number of nitrogens with zero attached hydrogens (tertiary/aromatic N) is 2. The van der Waals surface area contributed by atoms with Crippen molar-refractivity contribution in [3.63, 3.8) is 0 Å². The standard InChI is InChI=1S/C10H7BrClN3OS/c11-7-1-2-17-8(7)3-13-10-6(4-16)9(12)14-5-15-10/h1-2,4-5H,3H2,(H,13,14,15). The summed E-state index contributed by atoms with van der Waals surface area (Å²) >= 11 is 10.8. The molecule has 7 heteroatoms. The first kappa shape index (κ1) is 12.5. The quantitative estimate of drug-likeness (QED) is 0.689. The van der Waals surface area contributed by atoms with Gasteiger partial charge < -0.3 is 5.32 Å². The lowest BCUT2D eigenvalue weighted by atomic mass is 10.3. The first-order valence-corrected chi connectivity index (χ1v) is 6.69. The van der Waals surface area contributed by atoms with Crippen LogP contribution in [0, 0.1) is 0 Å². The van der Waals surface area contributed by atoms with Crippen LogP contribution in [0.25, 0.3) is 0 Å². The average Bonchev–Trinajstić information content (AvgIpc) is 2.72. The number of anilines is 1. The molecule has 0 amide bonds. The summed E-state index contributed by atoms with van der Waals surface area (Å²) in [6, 6.07) is 1.97. The fourth-order valence-corrected chi connectivity index (χ4v) is 2.84. The molecular weight excluding hydrogens is 326 g/mol. The van der Waals surface area contributed by atoms with Gasteiger partial charge in [0.15, 0.2) is 6.29 Å². The molecule has 0 aromatic carbocycles. The molecule has 0 atom stereocenters. The van der Waals surface area contributed by atoms with E-state index < -0.39 is 0 Å². The van der Waals surface area contributed by atoms with E-state index >= 15 is 0 Å². The molecule has 0 spiro atoms. The van der Waals surface area contributed by atoms with Crippen molar-refractivity contribution in [3.8, 4) is 0 Å². The Labute approximate surface area is 115 Å². The Morgan fingerprint density at radius 3 is 3.00 bits per heavy atom. The Morgan fingerprint density at radius 1 is 1.53 bits per heavy atom. The van der Waals surface area contributed by atoms with Gasteiger partial charge in [0.25, 0.3) is 0 Å². The molecule has 17 heavy (non-hydrogen) atoms. The Bertz CT molecular complexity index is 546. The summed E-state index contributed by atoms with van der Waals surface area (Å²) in [7, 11) is 0. The van der Waals surface area contributed by atoms with Crippen molar-refractivity contribution < 1.29 is 4.79 Å². The highest BCUT2D eigenvalue weighted by molar-refractivity contribution is 9.10. The fourth-order valence-electron chi connectivity index (χ4n) is 1.23. The van der Waals surface area contributed by atoms with Gasteiger partial charge in [-0.05, 0) is 27.4 Å². The van der Waals surface area contributed by atoms with Gasteiger partial charge >= 0.3 is 0 Å². The van der Waals surface area contributed by atoms with Crippen LogP contribution in [0.3, 0.4) is 0 Å². The summed E-state index contributed by atoms with van der Waals surface area (Å²) < 4.78 is 1.03. The van der Waals surface area contributed by atoms with Crippen LogP contribution in [0.4, 0.5) is 5.82 Å². The molecule has 0 fully saturated rings. The number of rotatable bonds is 4. The maximum absolute atomic E-state index is 10.9. The Kier molecular flexibility index (Phi) is 4.09. The van der Waals surface area contributed by atoms with Gasteiger partial charge in [0.2, 0.25) is 0 Å². The summed E-state index contributed by atoms with van der Waals surface area (Å²) in [6.07, 6.45) is 1.97. The smallest absolute Gasteiger partial charge is 0.156 e. The maximum Gasteiger partial charge on any atom is 0.156 e. The summed E-state index contributed by atoms with van der Waals surface area (Å²) in [6.45, 7) is 0.576. The lowest BCUT2D eigenvalue weighted by Gasteiger charge is -2.07. The highest BCUT2D eigenvalue weighted by Crippen LogP contribution is 2.24. The van der Waals surface area contributed by atoms with Crippen molar-refractivity contribution in [1.82, 2.24) is 9.97 Å². The molecule has 0 bridgehead atoms. The molecule has 88 valence electrons. The second-order valence-corrected chi connectivity index (χ2v) is 5.30. The van der Waals surface area contributed by atoms with Crippen LogP contribution in [-0.2, 0) is 6.54 Å². The first-order chi connectivity index (χ1) is 8.22. The summed E-state index contributed by atoms with van der Waals surface area (Å²) in [5, 5.41) is 5.20. The van der Waals surface area contributed by atoms with E-state index in [2.05, 4.69) is 31.2 Å². The number of nitrogens with one attached hydrogen (secondary N) is 1. The fraction of sp³-hybridized carbons (Fsp3) is 0.100. The van der Waals surface area contributed by atoms with Gasteiger partial charge in [-0.15, -0.1) is 11.3 Å². The summed E-state index contributed by atoms with van der Waals surface area (Å²) in [4.78, 5) is 19.7. The van der Waals surface area contributed by atoms with Crippen molar-refractivity contribution in [2.24, 2.45) is 0 Å². The van der Waals surface area contributed by atoms with E-state index in [0.29, 0.717) is 18.6 Å². The van der Waals surface area contributed by atoms with Crippen LogP contribution in [0.1, 0.15) is 15.2 Å². The monoisotopic (exact) mass is 331 g/mol. The number of aldehydes is 1. The Hall–Kier alpha value is -0.980. The minimum Gasteiger partial charge on any atom is -0.364 e. The predicted octanol–water partition coefficient (Wildman–Crippen LogP) is 3.38. The predicted molar refractivity (Wildman–Crippen MR) is 71.8 cm³/mol. The molecule has 0 aliphatic heterocycles. The van der Waals surface area contributed by atoms with Gasteiger partial charge in [-0.25, -0.2) is 9.97 Å². The van der Waals surface area contributed by atoms with Crippen molar-refractivity contribution >= 4 is 51.0 Å². The SMILES string of the molecule is O=Cc1c(Cl)ncnc1NCc1sccc1Br. The zero-order chi connectivity index (χ0) is 12.3. The minimum atomic E-state index is 0.155. The van der Waals surface area contributed by atoms with E-state index in [0.717, 1.165) is 9.35 Å². The number of hydrogen-bond acceptors (Lipinski definition) is 5. The largest absolute Gasteiger partial charge is 0.364 e. The molecule has 0 saturated carbocycles. The Morgan fingerprint density at radius 2 is 2.35 bits per heavy atom. The average molecular weight is 333 g/mol. The topological polar surface area (TPSA) is 54.9 Å². The molecule has 2 aromatic rings. The molecule has 0 aliphatic rings. The summed E-state index contributed by atoms with van der Waals surface area (Å²) in [5.74, 6) is 0.445. The second-order valence-electron chi connectivity index (χ2n) is 3.09. The van der Waals surface area contributed by atoms with E-state index in [-0.39, 0.29) is 10.7 Å². The number of halogens is 2. The van der Waals surface area contributed by atoms with Crippen LogP contribution in [0.2, 0.25) is 5.15 Å². The highest BCUT2D eigenvalue weighted by atomic mass is 79.9. The molecule has 2 rings (SSSR count). The van der Waals surface area contributed by atoms with Crippen molar-refractivity contribution in [1.29, 1.82) is 0 Å². The number of carbonyl (C=O) groups excluding carboxylic acids is 1. The normalized spacial score (nSPS) is 10.2. The second kappa shape index (κ2) is 5.57. The van der Waals surface area contributed by atoms with Crippen molar-refractivity contribution in [2.75, 3.05) is 5.32 Å². The van der Waals surface area contributed by atoms with E-state index in [1.807, 2.05) is 11.4 Å². The molecule has 1 N–H and O–H groups in total. The minimum absolute atomic E-state index is 0.155. The lowest BCUT2D eigenvalue weighted by molar-refractivity contribution is 0.112. The van der Waals surface area contributed by atoms with Crippen molar-refractivity contribution in [2.45, 2.75) is 6.54 Å². The van der Waals surface area contributed by atoms with E-state index in [4.69, 9.17) is 11.6 Å². The van der Waals surface area contributed by atoms with Crippen LogP contribution in [-0.4, -0.2) is 16.3 Å². The third kappa shape index (κ3) is 2.83. The zero-order valence-electron chi connectivity index (χ0n) is 8.48. The van der Waals surface area contributed by atoms with E-state index in [9.17, 15) is 4.79 Å². The number of hydrogen-bond donors (Lipinski definition) is 1. The number of aromatic nitrogens is 2.